The van der Waals surface area contributed by atoms with E-state index >= 15 is 0 Å². The van der Waals surface area contributed by atoms with Crippen molar-refractivity contribution in [1.29, 1.82) is 0 Å². The molecule has 0 aliphatic carbocycles. The van der Waals surface area contributed by atoms with Gasteiger partial charge in [0.25, 0.3) is 11.8 Å². The molecule has 1 unspecified atom stereocenters. The molecule has 4 heterocycles. The molecule has 13 heteroatoms. The van der Waals surface area contributed by atoms with Gasteiger partial charge in [0.2, 0.25) is 0 Å². The number of carbonyl (C=O) groups excluding carboxylic acids is 3. The normalized spacial score (nSPS) is 19.7. The molecule has 0 spiro atoms. The van der Waals surface area contributed by atoms with Crippen molar-refractivity contribution in [2.75, 3.05) is 27.0 Å². The zero-order valence-electron chi connectivity index (χ0n) is 19.4. The summed E-state index contributed by atoms with van der Waals surface area (Å²) in [5.41, 5.74) is 0.321. The van der Waals surface area contributed by atoms with Crippen molar-refractivity contribution in [3.05, 3.63) is 59.5 Å². The predicted octanol–water partition coefficient (Wildman–Crippen LogP) is 2.91. The number of benzene rings is 1. The number of pyridine rings is 1. The molecule has 2 aliphatic rings. The number of methoxy groups -OCH3 is 1. The van der Waals surface area contributed by atoms with E-state index in [1.807, 2.05) is 0 Å². The van der Waals surface area contributed by atoms with Crippen molar-refractivity contribution in [2.45, 2.75) is 19.0 Å². The SMILES string of the molecule is CCO[P+](=O)OCN1C(=O)N[C@@](CN2Cc3ccc(OC)cc3C2=O)(c2cc3ncccc3o2)C1=O. The maximum Gasteiger partial charge on any atom is 0.699 e. The highest BCUT2D eigenvalue weighted by Gasteiger charge is 2.57. The van der Waals surface area contributed by atoms with Crippen LogP contribution in [0.1, 0.15) is 28.6 Å². The highest BCUT2D eigenvalue weighted by Crippen LogP contribution is 2.37. The quantitative estimate of drug-likeness (QED) is 0.338. The fraction of sp³-hybridized carbons (Fsp3) is 0.304. The topological polar surface area (TPSA) is 141 Å². The molecule has 2 atom stereocenters. The first-order valence-corrected chi connectivity index (χ1v) is 12.1. The number of rotatable bonds is 9. The van der Waals surface area contributed by atoms with E-state index in [-0.39, 0.29) is 31.4 Å². The van der Waals surface area contributed by atoms with E-state index in [0.717, 1.165) is 10.5 Å². The van der Waals surface area contributed by atoms with Gasteiger partial charge in [0, 0.05) is 28.9 Å². The smallest absolute Gasteiger partial charge is 0.497 e. The van der Waals surface area contributed by atoms with E-state index in [0.29, 0.717) is 22.4 Å². The Labute approximate surface area is 206 Å². The minimum absolute atomic E-state index is 0.104. The Bertz CT molecular complexity index is 1360. The third-order valence-corrected chi connectivity index (χ3v) is 6.83. The average Bonchev–Trinajstić information content (AvgIpc) is 3.51. The molecule has 36 heavy (non-hydrogen) atoms. The maximum absolute atomic E-state index is 13.7. The van der Waals surface area contributed by atoms with E-state index in [1.165, 1.54) is 12.0 Å². The second kappa shape index (κ2) is 9.30. The average molecular weight is 513 g/mol. The van der Waals surface area contributed by atoms with Crippen LogP contribution in [0, 0.1) is 0 Å². The Morgan fingerprint density at radius 1 is 1.19 bits per heavy atom. The lowest BCUT2D eigenvalue weighted by Crippen LogP contribution is -2.52. The Morgan fingerprint density at radius 2 is 2.03 bits per heavy atom. The lowest BCUT2D eigenvalue weighted by atomic mass is 9.95. The Kier molecular flexibility index (Phi) is 6.17. The fourth-order valence-corrected chi connectivity index (χ4v) is 4.80. The summed E-state index contributed by atoms with van der Waals surface area (Å²) < 4.78 is 32.9. The first-order chi connectivity index (χ1) is 17.4. The molecular formula is C23H22N4O8P+. The van der Waals surface area contributed by atoms with Crippen LogP contribution in [0.3, 0.4) is 0 Å². The van der Waals surface area contributed by atoms with Gasteiger partial charge in [0.1, 0.15) is 23.6 Å². The highest BCUT2D eigenvalue weighted by atomic mass is 31.1. The van der Waals surface area contributed by atoms with Crippen LogP contribution in [0.25, 0.3) is 11.1 Å². The third kappa shape index (κ3) is 3.98. The van der Waals surface area contributed by atoms with Crippen LogP contribution in [0.4, 0.5) is 4.79 Å². The van der Waals surface area contributed by atoms with Gasteiger partial charge in [-0.2, -0.15) is 0 Å². The van der Waals surface area contributed by atoms with Gasteiger partial charge in [-0.05, 0) is 36.8 Å². The summed E-state index contributed by atoms with van der Waals surface area (Å²) in [6, 6.07) is 9.28. The molecule has 12 nitrogen and oxygen atoms in total. The maximum atomic E-state index is 13.7. The summed E-state index contributed by atoms with van der Waals surface area (Å²) >= 11 is 0. The molecule has 3 aromatic rings. The van der Waals surface area contributed by atoms with Crippen LogP contribution in [-0.2, 0) is 30.5 Å². The van der Waals surface area contributed by atoms with Crippen molar-refractivity contribution in [2.24, 2.45) is 0 Å². The number of nitrogens with zero attached hydrogens (tertiary/aromatic N) is 3. The van der Waals surface area contributed by atoms with Gasteiger partial charge < -0.3 is 19.4 Å². The number of hydrogen-bond donors (Lipinski definition) is 1. The zero-order chi connectivity index (χ0) is 25.4. The molecule has 0 saturated carbocycles. The van der Waals surface area contributed by atoms with Crippen LogP contribution in [0.2, 0.25) is 0 Å². The van der Waals surface area contributed by atoms with Crippen molar-refractivity contribution in [1.82, 2.24) is 20.1 Å². The van der Waals surface area contributed by atoms with Crippen molar-refractivity contribution >= 4 is 37.2 Å². The predicted molar refractivity (Wildman–Crippen MR) is 124 cm³/mol. The summed E-state index contributed by atoms with van der Waals surface area (Å²) in [5, 5.41) is 2.68. The molecule has 4 amide bonds. The minimum Gasteiger partial charge on any atom is -0.497 e. The second-order valence-corrected chi connectivity index (χ2v) is 9.11. The van der Waals surface area contributed by atoms with E-state index in [2.05, 4.69) is 10.3 Å². The number of aromatic nitrogens is 1. The van der Waals surface area contributed by atoms with Gasteiger partial charge in [0.15, 0.2) is 17.9 Å². The van der Waals surface area contributed by atoms with Crippen LogP contribution in [0.5, 0.6) is 5.75 Å². The largest absolute Gasteiger partial charge is 0.699 e. The molecule has 0 bridgehead atoms. The monoisotopic (exact) mass is 513 g/mol. The van der Waals surface area contributed by atoms with Crippen LogP contribution >= 0.6 is 8.25 Å². The molecule has 1 N–H and O–H groups in total. The highest BCUT2D eigenvalue weighted by molar-refractivity contribution is 7.33. The van der Waals surface area contributed by atoms with Crippen molar-refractivity contribution in [3.63, 3.8) is 0 Å². The van der Waals surface area contributed by atoms with Gasteiger partial charge in [-0.25, -0.2) is 9.69 Å². The number of ether oxygens (including phenoxy) is 1. The Balaban J connectivity index is 1.50. The van der Waals surface area contributed by atoms with E-state index in [9.17, 15) is 18.9 Å². The number of nitrogens with one attached hydrogen (secondary N) is 1. The summed E-state index contributed by atoms with van der Waals surface area (Å²) in [6.45, 7) is 1.15. The molecule has 1 fully saturated rings. The van der Waals surface area contributed by atoms with Gasteiger partial charge in [0.05, 0.1) is 13.7 Å². The molecule has 5 rings (SSSR count). The fourth-order valence-electron chi connectivity index (χ4n) is 4.30. The number of amides is 4. The second-order valence-electron chi connectivity index (χ2n) is 8.15. The molecule has 1 saturated heterocycles. The summed E-state index contributed by atoms with van der Waals surface area (Å²) in [7, 11) is -1.02. The molecule has 0 radical (unpaired) electrons. The summed E-state index contributed by atoms with van der Waals surface area (Å²) in [5.74, 6) is -0.423. The first kappa shape index (κ1) is 23.9. The summed E-state index contributed by atoms with van der Waals surface area (Å²) in [4.78, 5) is 46.4. The number of carbonyl (C=O) groups is 3. The Hall–Kier alpha value is -3.86. The van der Waals surface area contributed by atoms with E-state index < -0.39 is 32.5 Å². The molecule has 2 aromatic heterocycles. The zero-order valence-corrected chi connectivity index (χ0v) is 20.3. The number of hydrogen-bond acceptors (Lipinski definition) is 9. The molecular weight excluding hydrogens is 491 g/mol. The first-order valence-electron chi connectivity index (χ1n) is 11.0. The van der Waals surface area contributed by atoms with E-state index in [1.54, 1.807) is 49.5 Å². The minimum atomic E-state index is -2.53. The standard InChI is InChI=1S/C23H21N4O8P/c1-3-33-36(31)34-13-27-21(29)23(25-22(27)30,19-10-17-18(35-19)5-4-8-24-17)12-26-11-14-6-7-15(32-2)9-16(14)20(26)28/h4-10H,3,11-13H2,1-2H3/p+1/t23-/m0/s1. The van der Waals surface area contributed by atoms with Crippen molar-refractivity contribution < 1.29 is 37.2 Å². The van der Waals surface area contributed by atoms with Crippen molar-refractivity contribution in [3.8, 4) is 5.75 Å². The summed E-state index contributed by atoms with van der Waals surface area (Å²) in [6.07, 6.45) is 1.57. The lowest BCUT2D eigenvalue weighted by Gasteiger charge is -2.29. The van der Waals surface area contributed by atoms with Gasteiger partial charge >= 0.3 is 14.3 Å². The lowest BCUT2D eigenvalue weighted by molar-refractivity contribution is -0.134. The van der Waals surface area contributed by atoms with Crippen LogP contribution in [-0.4, -0.2) is 59.6 Å². The number of urea groups is 1. The third-order valence-electron chi connectivity index (χ3n) is 6.03. The van der Waals surface area contributed by atoms with Gasteiger partial charge in [-0.3, -0.25) is 14.6 Å². The van der Waals surface area contributed by atoms with E-state index in [4.69, 9.17) is 18.2 Å². The molecule has 2 aliphatic heterocycles. The molecule has 186 valence electrons. The van der Waals surface area contributed by atoms with Crippen LogP contribution in [0.15, 0.2) is 47.0 Å². The number of imide groups is 1. The molecule has 1 aromatic carbocycles. The van der Waals surface area contributed by atoms with Gasteiger partial charge in [-0.15, -0.1) is 4.52 Å². The Morgan fingerprint density at radius 3 is 2.78 bits per heavy atom. The number of furan rings is 1. The van der Waals surface area contributed by atoms with Gasteiger partial charge in [-0.1, -0.05) is 10.6 Å². The number of fused-ring (bicyclic) bond motifs is 2. The van der Waals surface area contributed by atoms with Crippen LogP contribution < -0.4 is 10.1 Å².